The number of benzene rings is 2. The minimum atomic E-state index is -0.416. The third-order valence-corrected chi connectivity index (χ3v) is 5.09. The molecule has 0 spiro atoms. The van der Waals surface area contributed by atoms with Crippen molar-refractivity contribution >= 4 is 11.8 Å². The number of hydrogen-bond donors (Lipinski definition) is 2. The van der Waals surface area contributed by atoms with Gasteiger partial charge in [0.2, 0.25) is 5.91 Å². The molecule has 2 amide bonds. The summed E-state index contributed by atoms with van der Waals surface area (Å²) in [6, 6.07) is 13.0. The van der Waals surface area contributed by atoms with Gasteiger partial charge in [0.05, 0.1) is 19.7 Å². The van der Waals surface area contributed by atoms with Gasteiger partial charge in [-0.15, -0.1) is 0 Å². The second-order valence-electron chi connectivity index (χ2n) is 6.99. The molecule has 1 unspecified atom stereocenters. The molecular weight excluding hydrogens is 373 g/mol. The van der Waals surface area contributed by atoms with E-state index in [1.807, 2.05) is 24.3 Å². The SMILES string of the molecule is COc1ccccc1C(CNC(=O)CNC(=O)c1ccc(F)cc1)N1CCCC1. The number of para-hydroxylation sites is 1. The van der Waals surface area contributed by atoms with Crippen LogP contribution in [0.5, 0.6) is 5.75 Å². The molecule has 7 heteroatoms. The van der Waals surface area contributed by atoms with Gasteiger partial charge in [0.15, 0.2) is 0 Å². The highest BCUT2D eigenvalue weighted by Gasteiger charge is 2.26. The molecule has 1 saturated heterocycles. The largest absolute Gasteiger partial charge is 0.496 e. The first kappa shape index (κ1) is 20.8. The summed E-state index contributed by atoms with van der Waals surface area (Å²) in [5.74, 6) is -0.313. The standard InChI is InChI=1S/C22H26FN3O3/c1-29-20-7-3-2-6-18(20)19(26-12-4-5-13-26)14-24-21(27)15-25-22(28)16-8-10-17(23)11-9-16/h2-3,6-11,19H,4-5,12-15H2,1H3,(H,24,27)(H,25,28). The van der Waals surface area contributed by atoms with Gasteiger partial charge in [-0.2, -0.15) is 0 Å². The zero-order valence-electron chi connectivity index (χ0n) is 16.5. The Hall–Kier alpha value is -2.93. The highest BCUT2D eigenvalue weighted by molar-refractivity contribution is 5.96. The van der Waals surface area contributed by atoms with Gasteiger partial charge in [-0.05, 0) is 56.3 Å². The Labute approximate surface area is 170 Å². The monoisotopic (exact) mass is 399 g/mol. The Morgan fingerprint density at radius 1 is 1.07 bits per heavy atom. The Morgan fingerprint density at radius 3 is 2.45 bits per heavy atom. The van der Waals surface area contributed by atoms with Crippen molar-refractivity contribution in [2.24, 2.45) is 0 Å². The fourth-order valence-corrected chi connectivity index (χ4v) is 3.57. The first-order valence-electron chi connectivity index (χ1n) is 9.76. The minimum Gasteiger partial charge on any atom is -0.496 e. The average molecular weight is 399 g/mol. The van der Waals surface area contributed by atoms with Crippen molar-refractivity contribution in [2.45, 2.75) is 18.9 Å². The van der Waals surface area contributed by atoms with Crippen molar-refractivity contribution in [1.29, 1.82) is 0 Å². The molecule has 2 aromatic carbocycles. The van der Waals surface area contributed by atoms with E-state index < -0.39 is 11.7 Å². The van der Waals surface area contributed by atoms with Crippen LogP contribution in [0.25, 0.3) is 0 Å². The topological polar surface area (TPSA) is 70.7 Å². The number of likely N-dealkylation sites (tertiary alicyclic amines) is 1. The van der Waals surface area contributed by atoms with Crippen LogP contribution in [0.2, 0.25) is 0 Å². The number of carbonyl (C=O) groups excluding carboxylic acids is 2. The van der Waals surface area contributed by atoms with E-state index in [1.54, 1.807) is 7.11 Å². The zero-order chi connectivity index (χ0) is 20.6. The van der Waals surface area contributed by atoms with E-state index in [9.17, 15) is 14.0 Å². The Balaban J connectivity index is 1.58. The second-order valence-corrected chi connectivity index (χ2v) is 6.99. The molecule has 3 rings (SSSR count). The summed E-state index contributed by atoms with van der Waals surface area (Å²) in [5, 5.41) is 5.48. The maximum absolute atomic E-state index is 13.0. The van der Waals surface area contributed by atoms with E-state index >= 15 is 0 Å². The predicted molar refractivity (Wildman–Crippen MR) is 108 cm³/mol. The Kier molecular flexibility index (Phi) is 7.19. The van der Waals surface area contributed by atoms with Crippen LogP contribution in [0.1, 0.15) is 34.8 Å². The molecule has 1 aliphatic rings. The summed E-state index contributed by atoms with van der Waals surface area (Å²) in [6.45, 7) is 2.22. The molecule has 1 fully saturated rings. The van der Waals surface area contributed by atoms with Crippen molar-refractivity contribution in [3.8, 4) is 5.75 Å². The molecule has 1 aliphatic heterocycles. The lowest BCUT2D eigenvalue weighted by Gasteiger charge is -2.29. The number of hydrogen-bond acceptors (Lipinski definition) is 4. The summed E-state index contributed by atoms with van der Waals surface area (Å²) in [7, 11) is 1.64. The van der Waals surface area contributed by atoms with Crippen molar-refractivity contribution < 1.29 is 18.7 Å². The quantitative estimate of drug-likeness (QED) is 0.716. The molecule has 6 nitrogen and oxygen atoms in total. The van der Waals surface area contributed by atoms with E-state index in [2.05, 4.69) is 15.5 Å². The van der Waals surface area contributed by atoms with Crippen LogP contribution >= 0.6 is 0 Å². The number of rotatable bonds is 8. The smallest absolute Gasteiger partial charge is 0.251 e. The number of amides is 2. The molecule has 0 radical (unpaired) electrons. The highest BCUT2D eigenvalue weighted by Crippen LogP contribution is 2.31. The van der Waals surface area contributed by atoms with Gasteiger partial charge in [0, 0.05) is 17.7 Å². The lowest BCUT2D eigenvalue weighted by atomic mass is 10.0. The van der Waals surface area contributed by atoms with Crippen LogP contribution in [-0.2, 0) is 4.79 Å². The third kappa shape index (κ3) is 5.54. The second kappa shape index (κ2) is 10.0. The molecule has 0 saturated carbocycles. The summed E-state index contributed by atoms with van der Waals surface area (Å²) >= 11 is 0. The molecule has 0 bridgehead atoms. The van der Waals surface area contributed by atoms with Crippen LogP contribution in [0, 0.1) is 5.82 Å². The van der Waals surface area contributed by atoms with Gasteiger partial charge >= 0.3 is 0 Å². The van der Waals surface area contributed by atoms with E-state index in [-0.39, 0.29) is 18.5 Å². The minimum absolute atomic E-state index is 0.00500. The molecule has 0 aliphatic carbocycles. The molecular formula is C22H26FN3O3. The van der Waals surface area contributed by atoms with Crippen molar-refractivity contribution in [3.63, 3.8) is 0 Å². The lowest BCUT2D eigenvalue weighted by molar-refractivity contribution is -0.120. The summed E-state index contributed by atoms with van der Waals surface area (Å²) < 4.78 is 18.5. The number of ether oxygens (including phenoxy) is 1. The first-order valence-corrected chi connectivity index (χ1v) is 9.76. The summed E-state index contributed by atoms with van der Waals surface area (Å²) in [5.41, 5.74) is 1.34. The fourth-order valence-electron chi connectivity index (χ4n) is 3.57. The molecule has 29 heavy (non-hydrogen) atoms. The molecule has 1 heterocycles. The average Bonchev–Trinajstić information content (AvgIpc) is 3.27. The number of nitrogens with one attached hydrogen (secondary N) is 2. The zero-order valence-corrected chi connectivity index (χ0v) is 16.5. The van der Waals surface area contributed by atoms with Gasteiger partial charge in [-0.25, -0.2) is 4.39 Å². The molecule has 154 valence electrons. The molecule has 2 N–H and O–H groups in total. The van der Waals surface area contributed by atoms with Gasteiger partial charge < -0.3 is 15.4 Å². The summed E-state index contributed by atoms with van der Waals surface area (Å²) in [6.07, 6.45) is 2.26. The van der Waals surface area contributed by atoms with Crippen LogP contribution in [0.15, 0.2) is 48.5 Å². The Bertz CT molecular complexity index is 835. The van der Waals surface area contributed by atoms with Gasteiger partial charge in [0.25, 0.3) is 5.91 Å². The van der Waals surface area contributed by atoms with Crippen LogP contribution in [-0.4, -0.2) is 50.0 Å². The van der Waals surface area contributed by atoms with Crippen molar-refractivity contribution in [1.82, 2.24) is 15.5 Å². The van der Waals surface area contributed by atoms with Gasteiger partial charge in [-0.1, -0.05) is 18.2 Å². The van der Waals surface area contributed by atoms with Crippen LogP contribution in [0.3, 0.4) is 0 Å². The number of nitrogens with zero attached hydrogens (tertiary/aromatic N) is 1. The molecule has 1 atom stereocenters. The summed E-state index contributed by atoms with van der Waals surface area (Å²) in [4.78, 5) is 26.7. The first-order chi connectivity index (χ1) is 14.1. The van der Waals surface area contributed by atoms with E-state index in [1.165, 1.54) is 24.3 Å². The number of halogens is 1. The van der Waals surface area contributed by atoms with Crippen molar-refractivity contribution in [3.05, 3.63) is 65.5 Å². The highest BCUT2D eigenvalue weighted by atomic mass is 19.1. The normalized spacial score (nSPS) is 15.0. The third-order valence-electron chi connectivity index (χ3n) is 5.09. The van der Waals surface area contributed by atoms with E-state index in [0.717, 1.165) is 37.2 Å². The lowest BCUT2D eigenvalue weighted by Crippen LogP contribution is -2.41. The van der Waals surface area contributed by atoms with Crippen molar-refractivity contribution in [2.75, 3.05) is 33.3 Å². The van der Waals surface area contributed by atoms with E-state index in [0.29, 0.717) is 12.1 Å². The molecule has 0 aromatic heterocycles. The molecule has 2 aromatic rings. The van der Waals surface area contributed by atoms with Gasteiger partial charge in [0.1, 0.15) is 11.6 Å². The number of methoxy groups -OCH3 is 1. The fraction of sp³-hybridized carbons (Fsp3) is 0.364. The van der Waals surface area contributed by atoms with Crippen LogP contribution in [0.4, 0.5) is 4.39 Å². The number of carbonyl (C=O) groups is 2. The predicted octanol–water partition coefficient (Wildman–Crippen LogP) is 2.52. The van der Waals surface area contributed by atoms with E-state index in [4.69, 9.17) is 4.74 Å². The maximum Gasteiger partial charge on any atom is 0.251 e. The maximum atomic E-state index is 13.0. The van der Waals surface area contributed by atoms with Gasteiger partial charge in [-0.3, -0.25) is 14.5 Å². The van der Waals surface area contributed by atoms with Crippen LogP contribution < -0.4 is 15.4 Å². The Morgan fingerprint density at radius 2 is 1.76 bits per heavy atom.